The smallest absolute Gasteiger partial charge is 0.252 e. The number of nitrogens with zero attached hydrogens (tertiary/aromatic N) is 2. The summed E-state index contributed by atoms with van der Waals surface area (Å²) in [7, 11) is 2.08. The van der Waals surface area contributed by atoms with E-state index in [1.807, 2.05) is 19.1 Å². The van der Waals surface area contributed by atoms with Crippen molar-refractivity contribution in [2.45, 2.75) is 52.1 Å². The number of benzene rings is 2. The highest BCUT2D eigenvalue weighted by molar-refractivity contribution is 7.20. The van der Waals surface area contributed by atoms with E-state index in [0.29, 0.717) is 16.7 Å². The first-order valence-electron chi connectivity index (χ1n) is 12.2. The van der Waals surface area contributed by atoms with Crippen molar-refractivity contribution in [2.24, 2.45) is 0 Å². The molecule has 1 aliphatic rings. The highest BCUT2D eigenvalue weighted by atomic mass is 32.1. The molecule has 36 heavy (non-hydrogen) atoms. The van der Waals surface area contributed by atoms with E-state index >= 15 is 0 Å². The number of amides is 2. The van der Waals surface area contributed by atoms with Crippen molar-refractivity contribution in [3.05, 3.63) is 65.2 Å². The Labute approximate surface area is 216 Å². The summed E-state index contributed by atoms with van der Waals surface area (Å²) in [6.45, 7) is 8.89. The van der Waals surface area contributed by atoms with Crippen molar-refractivity contribution in [3.63, 3.8) is 0 Å². The maximum atomic E-state index is 13.2. The number of hydrogen-bond donors (Lipinski definition) is 2. The molecule has 0 radical (unpaired) electrons. The Hall–Kier alpha value is -3.23. The van der Waals surface area contributed by atoms with Gasteiger partial charge < -0.3 is 15.0 Å². The minimum absolute atomic E-state index is 0.297. The lowest BCUT2D eigenvalue weighted by molar-refractivity contribution is -0.120. The minimum Gasteiger partial charge on any atom is -0.381 e. The molecule has 0 saturated carbocycles. The number of aromatic nitrogens is 1. The van der Waals surface area contributed by atoms with E-state index in [1.54, 1.807) is 26.0 Å². The molecule has 1 fully saturated rings. The zero-order valence-corrected chi connectivity index (χ0v) is 22.4. The van der Waals surface area contributed by atoms with Gasteiger partial charge in [0.25, 0.3) is 11.8 Å². The second kappa shape index (κ2) is 10.8. The number of carbonyl (C=O) groups excluding carboxylic acids is 2. The van der Waals surface area contributed by atoms with Gasteiger partial charge in [-0.15, -0.1) is 0 Å². The highest BCUT2D eigenvalue weighted by Crippen LogP contribution is 2.40. The third-order valence-electron chi connectivity index (χ3n) is 6.52. The van der Waals surface area contributed by atoms with E-state index in [1.165, 1.54) is 16.9 Å². The summed E-state index contributed by atoms with van der Waals surface area (Å²) in [5.74, 6) is -0.623. The van der Waals surface area contributed by atoms with Gasteiger partial charge in [0.2, 0.25) is 0 Å². The Morgan fingerprint density at radius 1 is 1.00 bits per heavy atom. The Bertz CT molecular complexity index is 1210. The SMILES string of the molecule is Cc1ccc(C(=O)NC(C)(C)C(=O)Nc2nc(-c3ccc(C)cc3)c(N(C)C3CCOCC3)s2)cc1. The summed E-state index contributed by atoms with van der Waals surface area (Å²) < 4.78 is 5.55. The van der Waals surface area contributed by atoms with E-state index in [2.05, 4.69) is 53.8 Å². The summed E-state index contributed by atoms with van der Waals surface area (Å²) in [5, 5.41) is 7.30. The Morgan fingerprint density at radius 3 is 2.19 bits per heavy atom. The summed E-state index contributed by atoms with van der Waals surface area (Å²) in [6, 6.07) is 15.9. The van der Waals surface area contributed by atoms with Gasteiger partial charge in [-0.25, -0.2) is 4.98 Å². The lowest BCUT2D eigenvalue weighted by Gasteiger charge is -2.32. The van der Waals surface area contributed by atoms with Crippen molar-refractivity contribution < 1.29 is 14.3 Å². The molecule has 1 aliphatic heterocycles. The van der Waals surface area contributed by atoms with Gasteiger partial charge in [-0.2, -0.15) is 0 Å². The molecule has 0 spiro atoms. The molecule has 0 aliphatic carbocycles. The summed E-state index contributed by atoms with van der Waals surface area (Å²) in [6.07, 6.45) is 1.89. The van der Waals surface area contributed by atoms with Crippen molar-refractivity contribution >= 4 is 33.3 Å². The van der Waals surface area contributed by atoms with Crippen molar-refractivity contribution in [1.29, 1.82) is 0 Å². The molecule has 1 aromatic heterocycles. The van der Waals surface area contributed by atoms with E-state index in [4.69, 9.17) is 9.72 Å². The molecule has 3 aromatic rings. The molecule has 2 aromatic carbocycles. The van der Waals surface area contributed by atoms with Crippen LogP contribution in [-0.4, -0.2) is 48.6 Å². The predicted molar refractivity (Wildman–Crippen MR) is 146 cm³/mol. The zero-order valence-electron chi connectivity index (χ0n) is 21.6. The van der Waals surface area contributed by atoms with Gasteiger partial charge in [0.05, 0.1) is 0 Å². The molecule has 1 saturated heterocycles. The number of ether oxygens (including phenoxy) is 1. The lowest BCUT2D eigenvalue weighted by atomic mass is 10.0. The Balaban J connectivity index is 1.56. The average molecular weight is 507 g/mol. The molecule has 0 bridgehead atoms. The van der Waals surface area contributed by atoms with Crippen LogP contribution in [0, 0.1) is 13.8 Å². The second-order valence-corrected chi connectivity index (χ2v) is 10.9. The number of thiazole rings is 1. The molecular formula is C28H34N4O3S. The van der Waals surface area contributed by atoms with Crippen LogP contribution in [0.3, 0.4) is 0 Å². The number of hydrogen-bond acceptors (Lipinski definition) is 6. The Kier molecular flexibility index (Phi) is 7.76. The third kappa shape index (κ3) is 5.94. The van der Waals surface area contributed by atoms with Crippen LogP contribution in [0.1, 0.15) is 48.2 Å². The molecule has 7 nitrogen and oxygen atoms in total. The molecule has 2 amide bonds. The Morgan fingerprint density at radius 2 is 1.58 bits per heavy atom. The van der Waals surface area contributed by atoms with E-state index in [0.717, 1.165) is 47.9 Å². The molecule has 0 atom stereocenters. The molecule has 190 valence electrons. The van der Waals surface area contributed by atoms with Crippen molar-refractivity contribution in [1.82, 2.24) is 10.3 Å². The van der Waals surface area contributed by atoms with Gasteiger partial charge >= 0.3 is 0 Å². The fourth-order valence-corrected chi connectivity index (χ4v) is 5.13. The first kappa shape index (κ1) is 25.9. The first-order chi connectivity index (χ1) is 17.1. The third-order valence-corrected chi connectivity index (χ3v) is 7.58. The predicted octanol–water partition coefficient (Wildman–Crippen LogP) is 5.19. The van der Waals surface area contributed by atoms with E-state index in [9.17, 15) is 9.59 Å². The first-order valence-corrected chi connectivity index (χ1v) is 13.0. The van der Waals surface area contributed by atoms with Crippen LogP contribution in [-0.2, 0) is 9.53 Å². The molecule has 8 heteroatoms. The maximum Gasteiger partial charge on any atom is 0.252 e. The number of anilines is 2. The van der Waals surface area contributed by atoms with Crippen LogP contribution in [0.4, 0.5) is 10.1 Å². The molecule has 2 N–H and O–H groups in total. The fourth-order valence-electron chi connectivity index (χ4n) is 4.11. The van der Waals surface area contributed by atoms with Gasteiger partial charge in [-0.1, -0.05) is 58.9 Å². The van der Waals surface area contributed by atoms with Crippen molar-refractivity contribution in [3.8, 4) is 11.3 Å². The molecular weight excluding hydrogens is 472 g/mol. The number of carbonyl (C=O) groups is 2. The van der Waals surface area contributed by atoms with Crippen LogP contribution in [0.2, 0.25) is 0 Å². The maximum absolute atomic E-state index is 13.2. The van der Waals surface area contributed by atoms with Gasteiger partial charge in [0.15, 0.2) is 5.13 Å². The van der Waals surface area contributed by atoms with E-state index < -0.39 is 5.54 Å². The zero-order chi connectivity index (χ0) is 25.9. The van der Waals surface area contributed by atoms with Gasteiger partial charge in [-0.3, -0.25) is 14.9 Å². The van der Waals surface area contributed by atoms with Crippen LogP contribution in [0.25, 0.3) is 11.3 Å². The van der Waals surface area contributed by atoms with Gasteiger partial charge in [-0.05, 0) is 52.7 Å². The number of nitrogens with one attached hydrogen (secondary N) is 2. The average Bonchev–Trinajstić information content (AvgIpc) is 3.28. The number of rotatable bonds is 7. The van der Waals surface area contributed by atoms with Crippen molar-refractivity contribution in [2.75, 3.05) is 30.5 Å². The minimum atomic E-state index is -1.13. The van der Waals surface area contributed by atoms with Crippen LogP contribution in [0.15, 0.2) is 48.5 Å². The second-order valence-electron chi connectivity index (χ2n) is 9.89. The van der Waals surface area contributed by atoms with Gasteiger partial charge in [0, 0.05) is 37.4 Å². The quantitative estimate of drug-likeness (QED) is 0.461. The van der Waals surface area contributed by atoms with Gasteiger partial charge in [0.1, 0.15) is 16.2 Å². The standard InChI is InChI=1S/C28H34N4O3S/c1-18-6-10-20(11-7-18)23-25(32(5)22-14-16-35-17-15-22)36-27(29-23)30-26(34)28(3,4)31-24(33)21-12-8-19(2)9-13-21/h6-13,22H,14-17H2,1-5H3,(H,31,33)(H,29,30,34). The fraction of sp³-hybridized carbons (Fsp3) is 0.393. The molecule has 2 heterocycles. The highest BCUT2D eigenvalue weighted by Gasteiger charge is 2.32. The molecule has 0 unspecified atom stereocenters. The van der Waals surface area contributed by atoms with Crippen LogP contribution < -0.4 is 15.5 Å². The van der Waals surface area contributed by atoms with E-state index in [-0.39, 0.29) is 11.8 Å². The van der Waals surface area contributed by atoms with Crippen LogP contribution >= 0.6 is 11.3 Å². The number of aryl methyl sites for hydroxylation is 2. The normalized spacial score (nSPS) is 14.4. The molecule has 4 rings (SSSR count). The topological polar surface area (TPSA) is 83.6 Å². The summed E-state index contributed by atoms with van der Waals surface area (Å²) >= 11 is 1.45. The lowest BCUT2D eigenvalue weighted by Crippen LogP contribution is -2.52. The monoisotopic (exact) mass is 506 g/mol. The van der Waals surface area contributed by atoms with Crippen LogP contribution in [0.5, 0.6) is 0 Å². The summed E-state index contributed by atoms with van der Waals surface area (Å²) in [4.78, 5) is 33.1. The summed E-state index contributed by atoms with van der Waals surface area (Å²) in [5.41, 5.74) is 3.46. The largest absolute Gasteiger partial charge is 0.381 e.